The van der Waals surface area contributed by atoms with Gasteiger partial charge in [-0.15, -0.1) is 0 Å². The van der Waals surface area contributed by atoms with Crippen molar-refractivity contribution in [2.45, 2.75) is 19.8 Å². The fourth-order valence-corrected chi connectivity index (χ4v) is 3.41. The Kier molecular flexibility index (Phi) is 6.45. The van der Waals surface area contributed by atoms with Gasteiger partial charge in [0, 0.05) is 18.8 Å². The largest absolute Gasteiger partial charge is 0.497 e. The predicted molar refractivity (Wildman–Crippen MR) is 109 cm³/mol. The fourth-order valence-electron chi connectivity index (χ4n) is 3.11. The second kappa shape index (κ2) is 9.00. The molecule has 1 saturated heterocycles. The summed E-state index contributed by atoms with van der Waals surface area (Å²) in [6.07, 6.45) is 2.36. The second-order valence-electron chi connectivity index (χ2n) is 6.85. The van der Waals surface area contributed by atoms with Crippen molar-refractivity contribution in [2.75, 3.05) is 37.0 Å². The van der Waals surface area contributed by atoms with E-state index in [-0.39, 0.29) is 12.5 Å². The summed E-state index contributed by atoms with van der Waals surface area (Å²) in [7, 11) is 1.60. The van der Waals surface area contributed by atoms with Crippen molar-refractivity contribution in [3.63, 3.8) is 0 Å². The number of carbonyl (C=O) groups excluding carboxylic acids is 1. The molecule has 0 radical (unpaired) electrons. The van der Waals surface area contributed by atoms with Gasteiger partial charge in [0.15, 0.2) is 6.61 Å². The standard InChI is InChI=1S/C21H25ClN2O3/c1-15-9-11-24(12-10-15)20-8-3-16(13-19(20)22)23-21(25)14-27-18-6-4-17(26-2)5-7-18/h3-8,13,15H,9-12,14H2,1-2H3,(H,23,25). The van der Waals surface area contributed by atoms with Crippen LogP contribution in [-0.4, -0.2) is 32.7 Å². The molecule has 1 amide bonds. The number of anilines is 2. The highest BCUT2D eigenvalue weighted by Crippen LogP contribution is 2.31. The lowest BCUT2D eigenvalue weighted by atomic mass is 9.99. The predicted octanol–water partition coefficient (Wildman–Crippen LogP) is 4.60. The number of nitrogens with one attached hydrogen (secondary N) is 1. The number of rotatable bonds is 6. The molecule has 1 heterocycles. The number of benzene rings is 2. The molecule has 6 heteroatoms. The summed E-state index contributed by atoms with van der Waals surface area (Å²) in [6, 6.07) is 12.7. The van der Waals surface area contributed by atoms with Crippen LogP contribution in [-0.2, 0) is 4.79 Å². The quantitative estimate of drug-likeness (QED) is 0.785. The topological polar surface area (TPSA) is 50.8 Å². The maximum Gasteiger partial charge on any atom is 0.262 e. The van der Waals surface area contributed by atoms with E-state index < -0.39 is 0 Å². The van der Waals surface area contributed by atoms with Crippen molar-refractivity contribution in [1.82, 2.24) is 0 Å². The molecule has 0 atom stereocenters. The van der Waals surface area contributed by atoms with Crippen LogP contribution < -0.4 is 19.7 Å². The highest BCUT2D eigenvalue weighted by molar-refractivity contribution is 6.33. The molecule has 2 aromatic rings. The van der Waals surface area contributed by atoms with Gasteiger partial charge in [-0.3, -0.25) is 4.79 Å². The monoisotopic (exact) mass is 388 g/mol. The van der Waals surface area contributed by atoms with E-state index in [1.807, 2.05) is 12.1 Å². The molecule has 3 rings (SSSR count). The van der Waals surface area contributed by atoms with Crippen molar-refractivity contribution in [3.8, 4) is 11.5 Å². The molecule has 1 aliphatic heterocycles. The van der Waals surface area contributed by atoms with Crippen LogP contribution in [0.15, 0.2) is 42.5 Å². The zero-order valence-electron chi connectivity index (χ0n) is 15.7. The Morgan fingerprint density at radius 3 is 2.44 bits per heavy atom. The van der Waals surface area contributed by atoms with Gasteiger partial charge in [-0.05, 0) is 61.2 Å². The number of amides is 1. The average molecular weight is 389 g/mol. The molecular weight excluding hydrogens is 364 g/mol. The van der Waals surface area contributed by atoms with Gasteiger partial charge in [0.05, 0.1) is 17.8 Å². The number of ether oxygens (including phenoxy) is 2. The minimum atomic E-state index is -0.235. The Balaban J connectivity index is 1.53. The number of nitrogens with zero attached hydrogens (tertiary/aromatic N) is 1. The van der Waals surface area contributed by atoms with Gasteiger partial charge in [0.25, 0.3) is 5.91 Å². The van der Waals surface area contributed by atoms with Crippen molar-refractivity contribution >= 4 is 28.9 Å². The summed E-state index contributed by atoms with van der Waals surface area (Å²) in [5.74, 6) is 1.88. The summed E-state index contributed by atoms with van der Waals surface area (Å²) in [4.78, 5) is 14.4. The molecule has 144 valence electrons. The first-order valence-corrected chi connectivity index (χ1v) is 9.54. The Labute approximate surface area is 165 Å². The smallest absolute Gasteiger partial charge is 0.262 e. The van der Waals surface area contributed by atoms with Gasteiger partial charge in [-0.2, -0.15) is 0 Å². The first-order chi connectivity index (χ1) is 13.0. The van der Waals surface area contributed by atoms with Gasteiger partial charge in [0.2, 0.25) is 0 Å². The van der Waals surface area contributed by atoms with E-state index in [4.69, 9.17) is 21.1 Å². The molecule has 0 aliphatic carbocycles. The third-order valence-electron chi connectivity index (χ3n) is 4.79. The third-order valence-corrected chi connectivity index (χ3v) is 5.09. The molecule has 0 aromatic heterocycles. The first-order valence-electron chi connectivity index (χ1n) is 9.16. The summed E-state index contributed by atoms with van der Waals surface area (Å²) < 4.78 is 10.6. The maximum absolute atomic E-state index is 12.1. The van der Waals surface area contributed by atoms with E-state index in [1.165, 1.54) is 12.8 Å². The van der Waals surface area contributed by atoms with Crippen molar-refractivity contribution in [2.24, 2.45) is 5.92 Å². The van der Waals surface area contributed by atoms with Gasteiger partial charge in [0.1, 0.15) is 11.5 Å². The molecule has 0 bridgehead atoms. The fraction of sp³-hybridized carbons (Fsp3) is 0.381. The lowest BCUT2D eigenvalue weighted by Crippen LogP contribution is -2.32. The van der Waals surface area contributed by atoms with Crippen molar-refractivity contribution < 1.29 is 14.3 Å². The number of carbonyl (C=O) groups is 1. The van der Waals surface area contributed by atoms with Crippen LogP contribution in [0.2, 0.25) is 5.02 Å². The van der Waals surface area contributed by atoms with Gasteiger partial charge in [-0.25, -0.2) is 0 Å². The zero-order valence-corrected chi connectivity index (χ0v) is 16.5. The molecule has 0 saturated carbocycles. The summed E-state index contributed by atoms with van der Waals surface area (Å²) in [5.41, 5.74) is 1.69. The molecule has 5 nitrogen and oxygen atoms in total. The summed E-state index contributed by atoms with van der Waals surface area (Å²) >= 11 is 6.45. The minimum Gasteiger partial charge on any atom is -0.497 e. The molecule has 0 spiro atoms. The third kappa shape index (κ3) is 5.30. The van der Waals surface area contributed by atoms with Gasteiger partial charge in [-0.1, -0.05) is 18.5 Å². The summed E-state index contributed by atoms with van der Waals surface area (Å²) in [5, 5.41) is 3.47. The highest BCUT2D eigenvalue weighted by atomic mass is 35.5. The maximum atomic E-state index is 12.1. The van der Waals surface area contributed by atoms with E-state index in [9.17, 15) is 4.79 Å². The van der Waals surface area contributed by atoms with E-state index in [0.717, 1.165) is 30.4 Å². The highest BCUT2D eigenvalue weighted by Gasteiger charge is 2.18. The molecule has 27 heavy (non-hydrogen) atoms. The SMILES string of the molecule is COc1ccc(OCC(=O)Nc2ccc(N3CCC(C)CC3)c(Cl)c2)cc1. The number of halogens is 1. The summed E-state index contributed by atoms with van der Waals surface area (Å²) in [6.45, 7) is 4.24. The Bertz CT molecular complexity index is 771. The van der Waals surface area contributed by atoms with Crippen LogP contribution in [0.3, 0.4) is 0 Å². The lowest BCUT2D eigenvalue weighted by molar-refractivity contribution is -0.118. The zero-order chi connectivity index (χ0) is 19.2. The Morgan fingerprint density at radius 1 is 1.15 bits per heavy atom. The Morgan fingerprint density at radius 2 is 1.81 bits per heavy atom. The first kappa shape index (κ1) is 19.4. The van der Waals surface area contributed by atoms with Gasteiger partial charge >= 0.3 is 0 Å². The van der Waals surface area contributed by atoms with E-state index in [1.54, 1.807) is 37.4 Å². The molecule has 1 N–H and O–H groups in total. The molecule has 1 fully saturated rings. The minimum absolute atomic E-state index is 0.0737. The Hall–Kier alpha value is -2.40. The van der Waals surface area contributed by atoms with Crippen LogP contribution in [0.4, 0.5) is 11.4 Å². The normalized spacial score (nSPS) is 14.7. The second-order valence-corrected chi connectivity index (χ2v) is 7.26. The van der Waals surface area contributed by atoms with Crippen LogP contribution in [0, 0.1) is 5.92 Å². The molecule has 2 aromatic carbocycles. The molecule has 1 aliphatic rings. The van der Waals surface area contributed by atoms with Crippen molar-refractivity contribution in [3.05, 3.63) is 47.5 Å². The number of hydrogen-bond acceptors (Lipinski definition) is 4. The number of methoxy groups -OCH3 is 1. The van der Waals surface area contributed by atoms with Crippen LogP contribution in [0.1, 0.15) is 19.8 Å². The number of hydrogen-bond donors (Lipinski definition) is 1. The average Bonchev–Trinajstić information content (AvgIpc) is 2.68. The molecule has 0 unspecified atom stereocenters. The van der Waals surface area contributed by atoms with Crippen LogP contribution in [0.25, 0.3) is 0 Å². The van der Waals surface area contributed by atoms with E-state index in [0.29, 0.717) is 16.5 Å². The van der Waals surface area contributed by atoms with Crippen molar-refractivity contribution in [1.29, 1.82) is 0 Å². The molecular formula is C21H25ClN2O3. The van der Waals surface area contributed by atoms with Crippen LogP contribution >= 0.6 is 11.6 Å². The van der Waals surface area contributed by atoms with Crippen LogP contribution in [0.5, 0.6) is 11.5 Å². The van der Waals surface area contributed by atoms with Gasteiger partial charge < -0.3 is 19.7 Å². The van der Waals surface area contributed by atoms with E-state index >= 15 is 0 Å². The number of piperidine rings is 1. The lowest BCUT2D eigenvalue weighted by Gasteiger charge is -2.32. The van der Waals surface area contributed by atoms with E-state index in [2.05, 4.69) is 17.1 Å².